The summed E-state index contributed by atoms with van der Waals surface area (Å²) in [5, 5.41) is 6.18. The minimum atomic E-state index is -0.177. The number of hydrogen-bond acceptors (Lipinski definition) is 4. The quantitative estimate of drug-likeness (QED) is 0.462. The minimum absolute atomic E-state index is 0.177. The smallest absolute Gasteiger partial charge is 0.280 e. The van der Waals surface area contributed by atoms with E-state index in [1.165, 1.54) is 9.36 Å². The van der Waals surface area contributed by atoms with Gasteiger partial charge in [0.05, 0.1) is 11.1 Å². The van der Waals surface area contributed by atoms with Gasteiger partial charge in [0.2, 0.25) is 0 Å². The molecule has 158 valence electrons. The molecule has 0 aliphatic heterocycles. The molecule has 8 heteroatoms. The van der Waals surface area contributed by atoms with Crippen LogP contribution in [0.3, 0.4) is 0 Å². The third-order valence-corrected chi connectivity index (χ3v) is 5.36. The van der Waals surface area contributed by atoms with Gasteiger partial charge in [-0.15, -0.1) is 0 Å². The summed E-state index contributed by atoms with van der Waals surface area (Å²) >= 11 is 0. The molecule has 0 aliphatic rings. The van der Waals surface area contributed by atoms with Crippen LogP contribution in [-0.4, -0.2) is 29.5 Å². The van der Waals surface area contributed by atoms with Gasteiger partial charge in [-0.3, -0.25) is 19.8 Å². The first-order chi connectivity index (χ1) is 15.5. The predicted molar refractivity (Wildman–Crippen MR) is 122 cm³/mol. The average molecular weight is 424 g/mol. The Morgan fingerprint density at radius 1 is 0.625 bits per heavy atom. The fourth-order valence-electron chi connectivity index (χ4n) is 3.87. The van der Waals surface area contributed by atoms with Crippen molar-refractivity contribution in [3.05, 3.63) is 105 Å². The van der Waals surface area contributed by atoms with Gasteiger partial charge in [0, 0.05) is 23.8 Å². The van der Waals surface area contributed by atoms with Crippen molar-refractivity contribution in [2.24, 2.45) is 0 Å². The molecule has 0 saturated heterocycles. The number of nitrogens with zero attached hydrogens (tertiary/aromatic N) is 4. The maximum Gasteiger partial charge on any atom is 0.280 e. The summed E-state index contributed by atoms with van der Waals surface area (Å²) in [4.78, 5) is 34.6. The number of rotatable bonds is 4. The molecule has 4 heterocycles. The molecule has 2 N–H and O–H groups in total. The van der Waals surface area contributed by atoms with Gasteiger partial charge >= 0.3 is 0 Å². The van der Waals surface area contributed by atoms with Crippen LogP contribution in [0.15, 0.2) is 82.6 Å². The number of hydrogen-bond donors (Lipinski definition) is 2. The fraction of sp³-hybridized carbons (Fsp3) is 0.0833. The van der Waals surface area contributed by atoms with Crippen LogP contribution in [0, 0.1) is 13.8 Å². The molecular formula is C24H20N6O2. The van der Waals surface area contributed by atoms with E-state index in [0.29, 0.717) is 22.8 Å². The zero-order valence-electron chi connectivity index (χ0n) is 17.5. The SMILES string of the molecule is Cc1[nH]n(-c2ccccn2)c(=O)c1-c1ccc(-c2c(C)[nH]n(-c3ccccn3)c2=O)cc1. The lowest BCUT2D eigenvalue weighted by Gasteiger charge is -2.02. The molecule has 0 fully saturated rings. The lowest BCUT2D eigenvalue weighted by atomic mass is 10.0. The normalized spacial score (nSPS) is 11.1. The second-order valence-electron chi connectivity index (χ2n) is 7.46. The molecule has 4 aromatic heterocycles. The van der Waals surface area contributed by atoms with Crippen molar-refractivity contribution in [2.75, 3.05) is 0 Å². The van der Waals surface area contributed by atoms with Crippen LogP contribution < -0.4 is 11.1 Å². The topological polar surface area (TPSA) is 101 Å². The Labute approximate surface area is 182 Å². The third-order valence-electron chi connectivity index (χ3n) is 5.36. The molecule has 0 atom stereocenters. The van der Waals surface area contributed by atoms with Gasteiger partial charge in [-0.05, 0) is 49.2 Å². The van der Waals surface area contributed by atoms with E-state index >= 15 is 0 Å². The first-order valence-corrected chi connectivity index (χ1v) is 10.1. The predicted octanol–water partition coefficient (Wildman–Crippen LogP) is 3.39. The Balaban J connectivity index is 1.54. The molecule has 0 saturated carbocycles. The van der Waals surface area contributed by atoms with Crippen LogP contribution >= 0.6 is 0 Å². The molecule has 5 aromatic rings. The minimum Gasteiger partial charge on any atom is -0.293 e. The molecule has 8 nitrogen and oxygen atoms in total. The summed E-state index contributed by atoms with van der Waals surface area (Å²) in [5.41, 5.74) is 3.79. The highest BCUT2D eigenvalue weighted by Crippen LogP contribution is 2.25. The summed E-state index contributed by atoms with van der Waals surface area (Å²) in [7, 11) is 0. The molecule has 1 aromatic carbocycles. The Kier molecular flexibility index (Phi) is 4.67. The van der Waals surface area contributed by atoms with Gasteiger partial charge in [-0.1, -0.05) is 36.4 Å². The second-order valence-corrected chi connectivity index (χ2v) is 7.46. The Morgan fingerprint density at radius 3 is 1.38 bits per heavy atom. The van der Waals surface area contributed by atoms with E-state index in [1.54, 1.807) is 36.7 Å². The van der Waals surface area contributed by atoms with Crippen molar-refractivity contribution in [1.29, 1.82) is 0 Å². The van der Waals surface area contributed by atoms with E-state index in [0.717, 1.165) is 22.5 Å². The third kappa shape index (κ3) is 3.18. The first kappa shape index (κ1) is 19.5. The Morgan fingerprint density at radius 2 is 1.03 bits per heavy atom. The van der Waals surface area contributed by atoms with Gasteiger partial charge < -0.3 is 0 Å². The average Bonchev–Trinajstić information content (AvgIpc) is 3.29. The standard InChI is InChI=1S/C24H20N6O2/c1-15-21(23(31)29(27-15)19-7-3-5-13-25-19)17-9-11-18(12-10-17)22-16(2)28-30(24(22)32)20-8-4-6-14-26-20/h3-14,27-28H,1-2H3. The summed E-state index contributed by atoms with van der Waals surface area (Å²) in [6, 6.07) is 18.2. The van der Waals surface area contributed by atoms with Crippen LogP contribution in [0.25, 0.3) is 33.9 Å². The summed E-state index contributed by atoms with van der Waals surface area (Å²) in [6.07, 6.45) is 3.28. The largest absolute Gasteiger partial charge is 0.293 e. The van der Waals surface area contributed by atoms with Crippen LogP contribution in [0.1, 0.15) is 11.4 Å². The van der Waals surface area contributed by atoms with E-state index in [1.807, 2.05) is 50.2 Å². The number of pyridine rings is 2. The van der Waals surface area contributed by atoms with Gasteiger partial charge in [0.1, 0.15) is 0 Å². The first-order valence-electron chi connectivity index (χ1n) is 10.1. The number of nitrogens with one attached hydrogen (secondary N) is 2. The Bertz CT molecular complexity index is 1390. The van der Waals surface area contributed by atoms with E-state index in [-0.39, 0.29) is 11.1 Å². The number of H-pyrrole nitrogens is 2. The molecule has 0 radical (unpaired) electrons. The summed E-state index contributed by atoms with van der Waals surface area (Å²) in [5.74, 6) is 1.06. The summed E-state index contributed by atoms with van der Waals surface area (Å²) in [6.45, 7) is 3.71. The lowest BCUT2D eigenvalue weighted by Crippen LogP contribution is -2.17. The zero-order chi connectivity index (χ0) is 22.2. The maximum absolute atomic E-state index is 13.0. The van der Waals surface area contributed by atoms with Crippen LogP contribution in [0.2, 0.25) is 0 Å². The van der Waals surface area contributed by atoms with Crippen molar-refractivity contribution in [1.82, 2.24) is 29.5 Å². The van der Waals surface area contributed by atoms with E-state index < -0.39 is 0 Å². The molecule has 0 aliphatic carbocycles. The van der Waals surface area contributed by atoms with Crippen molar-refractivity contribution in [3.63, 3.8) is 0 Å². The number of benzene rings is 1. The van der Waals surface area contributed by atoms with Gasteiger partial charge in [0.25, 0.3) is 11.1 Å². The molecule has 5 rings (SSSR count). The van der Waals surface area contributed by atoms with Gasteiger partial charge in [-0.2, -0.15) is 0 Å². The van der Waals surface area contributed by atoms with E-state index in [4.69, 9.17) is 0 Å². The van der Waals surface area contributed by atoms with Gasteiger partial charge in [-0.25, -0.2) is 19.3 Å². The van der Waals surface area contributed by atoms with Crippen molar-refractivity contribution in [2.45, 2.75) is 13.8 Å². The van der Waals surface area contributed by atoms with Gasteiger partial charge in [0.15, 0.2) is 11.6 Å². The molecule has 32 heavy (non-hydrogen) atoms. The number of aromatic amines is 2. The highest BCUT2D eigenvalue weighted by molar-refractivity contribution is 5.72. The second kappa shape index (κ2) is 7.66. The van der Waals surface area contributed by atoms with Crippen molar-refractivity contribution >= 4 is 0 Å². The highest BCUT2D eigenvalue weighted by Gasteiger charge is 2.17. The maximum atomic E-state index is 13.0. The van der Waals surface area contributed by atoms with E-state index in [9.17, 15) is 9.59 Å². The lowest BCUT2D eigenvalue weighted by molar-refractivity contribution is 0.807. The highest BCUT2D eigenvalue weighted by atomic mass is 16.1. The Hall–Kier alpha value is -4.46. The van der Waals surface area contributed by atoms with Crippen molar-refractivity contribution in [3.8, 4) is 33.9 Å². The zero-order valence-corrected chi connectivity index (χ0v) is 17.5. The fourth-order valence-corrected chi connectivity index (χ4v) is 3.87. The monoisotopic (exact) mass is 424 g/mol. The number of aryl methyl sites for hydroxylation is 2. The molecule has 0 unspecified atom stereocenters. The van der Waals surface area contributed by atoms with Crippen molar-refractivity contribution < 1.29 is 0 Å². The molecule has 0 bridgehead atoms. The number of aromatic nitrogens is 6. The molecule has 0 spiro atoms. The molecule has 0 amide bonds. The van der Waals surface area contributed by atoms with Crippen LogP contribution in [-0.2, 0) is 0 Å². The van der Waals surface area contributed by atoms with Crippen LogP contribution in [0.5, 0.6) is 0 Å². The van der Waals surface area contributed by atoms with Crippen LogP contribution in [0.4, 0.5) is 0 Å². The molecular weight excluding hydrogens is 404 g/mol. The van der Waals surface area contributed by atoms with E-state index in [2.05, 4.69) is 20.2 Å². The summed E-state index contributed by atoms with van der Waals surface area (Å²) < 4.78 is 2.86.